The van der Waals surface area contributed by atoms with Crippen molar-refractivity contribution in [1.29, 1.82) is 0 Å². The quantitative estimate of drug-likeness (QED) is 0.671. The standard InChI is InChI=1S/C6H12OS.C2H6/c7-3-1-6-2-4-8-5-6;1-2/h6-7H,1-5H2;1-2H3. The summed E-state index contributed by atoms with van der Waals surface area (Å²) in [6.07, 6.45) is 2.35. The van der Waals surface area contributed by atoms with Crippen molar-refractivity contribution in [2.75, 3.05) is 18.1 Å². The summed E-state index contributed by atoms with van der Waals surface area (Å²) in [4.78, 5) is 0. The van der Waals surface area contributed by atoms with Crippen LogP contribution in [0, 0.1) is 5.92 Å². The third kappa shape index (κ3) is 4.18. The van der Waals surface area contributed by atoms with Crippen LogP contribution in [0.5, 0.6) is 0 Å². The van der Waals surface area contributed by atoms with E-state index in [1.807, 2.05) is 25.6 Å². The summed E-state index contributed by atoms with van der Waals surface area (Å²) in [6, 6.07) is 0. The van der Waals surface area contributed by atoms with Crippen LogP contribution >= 0.6 is 11.8 Å². The van der Waals surface area contributed by atoms with Crippen molar-refractivity contribution in [3.05, 3.63) is 0 Å². The maximum Gasteiger partial charge on any atom is 0.0433 e. The van der Waals surface area contributed by atoms with E-state index in [4.69, 9.17) is 5.11 Å². The lowest BCUT2D eigenvalue weighted by atomic mass is 10.1. The first kappa shape index (κ1) is 10.3. The van der Waals surface area contributed by atoms with E-state index in [1.54, 1.807) is 0 Å². The van der Waals surface area contributed by atoms with E-state index < -0.39 is 0 Å². The Morgan fingerprint density at radius 3 is 2.60 bits per heavy atom. The molecule has 0 saturated carbocycles. The predicted octanol–water partition coefficient (Wildman–Crippen LogP) is 2.15. The summed E-state index contributed by atoms with van der Waals surface area (Å²) in [5.74, 6) is 3.41. The summed E-state index contributed by atoms with van der Waals surface area (Å²) in [5, 5.41) is 8.52. The van der Waals surface area contributed by atoms with Crippen LogP contribution in [0.4, 0.5) is 0 Å². The van der Waals surface area contributed by atoms with Crippen molar-refractivity contribution in [3.63, 3.8) is 0 Å². The molecule has 10 heavy (non-hydrogen) atoms. The largest absolute Gasteiger partial charge is 0.396 e. The summed E-state index contributed by atoms with van der Waals surface area (Å²) >= 11 is 2.01. The highest BCUT2D eigenvalue weighted by atomic mass is 32.2. The third-order valence-electron chi connectivity index (χ3n) is 1.56. The smallest absolute Gasteiger partial charge is 0.0433 e. The van der Waals surface area contributed by atoms with Crippen molar-refractivity contribution in [2.24, 2.45) is 5.92 Å². The average Bonchev–Trinajstić information content (AvgIpc) is 2.46. The van der Waals surface area contributed by atoms with Gasteiger partial charge in [0.25, 0.3) is 0 Å². The zero-order valence-corrected chi connectivity index (χ0v) is 7.78. The molecule has 0 radical (unpaired) electrons. The van der Waals surface area contributed by atoms with E-state index >= 15 is 0 Å². The van der Waals surface area contributed by atoms with Crippen molar-refractivity contribution < 1.29 is 5.11 Å². The number of hydrogen-bond acceptors (Lipinski definition) is 2. The maximum absolute atomic E-state index is 8.52. The molecule has 1 unspecified atom stereocenters. The molecule has 2 heteroatoms. The van der Waals surface area contributed by atoms with Gasteiger partial charge in [0, 0.05) is 6.61 Å². The van der Waals surface area contributed by atoms with Gasteiger partial charge in [-0.2, -0.15) is 11.8 Å². The fourth-order valence-electron chi connectivity index (χ4n) is 0.994. The normalized spacial score (nSPS) is 23.7. The van der Waals surface area contributed by atoms with Gasteiger partial charge < -0.3 is 5.11 Å². The zero-order chi connectivity index (χ0) is 7.82. The molecule has 1 aliphatic heterocycles. The Hall–Kier alpha value is 0.310. The van der Waals surface area contributed by atoms with Gasteiger partial charge in [-0.1, -0.05) is 13.8 Å². The number of thioether (sulfide) groups is 1. The van der Waals surface area contributed by atoms with E-state index in [0.29, 0.717) is 6.61 Å². The summed E-state index contributed by atoms with van der Waals surface area (Å²) < 4.78 is 0. The van der Waals surface area contributed by atoms with Crippen LogP contribution in [0.25, 0.3) is 0 Å². The molecule has 0 aromatic carbocycles. The fourth-order valence-corrected chi connectivity index (χ4v) is 2.33. The van der Waals surface area contributed by atoms with E-state index in [9.17, 15) is 0 Å². The monoisotopic (exact) mass is 162 g/mol. The first-order valence-corrected chi connectivity index (χ1v) is 5.27. The van der Waals surface area contributed by atoms with Crippen molar-refractivity contribution in [1.82, 2.24) is 0 Å². The van der Waals surface area contributed by atoms with Crippen LogP contribution in [-0.4, -0.2) is 23.2 Å². The molecule has 0 aliphatic carbocycles. The first-order chi connectivity index (χ1) is 4.93. The molecule has 1 aliphatic rings. The lowest BCUT2D eigenvalue weighted by Crippen LogP contribution is -1.99. The van der Waals surface area contributed by atoms with Crippen molar-refractivity contribution >= 4 is 11.8 Å². The molecule has 1 rings (SSSR count). The molecule has 1 heterocycles. The van der Waals surface area contributed by atoms with Crippen molar-refractivity contribution in [2.45, 2.75) is 26.7 Å². The minimum absolute atomic E-state index is 0.380. The molecular formula is C8H18OS. The minimum Gasteiger partial charge on any atom is -0.396 e. The van der Waals surface area contributed by atoms with Crippen LogP contribution in [0.1, 0.15) is 26.7 Å². The molecule has 0 aromatic rings. The Morgan fingerprint density at radius 2 is 2.20 bits per heavy atom. The van der Waals surface area contributed by atoms with E-state index in [2.05, 4.69) is 0 Å². The second-order valence-corrected chi connectivity index (χ2v) is 3.39. The Kier molecular flexibility index (Phi) is 7.65. The molecular weight excluding hydrogens is 144 g/mol. The number of hydrogen-bond donors (Lipinski definition) is 1. The van der Waals surface area contributed by atoms with Crippen LogP contribution in [0.2, 0.25) is 0 Å². The van der Waals surface area contributed by atoms with Gasteiger partial charge in [-0.15, -0.1) is 0 Å². The van der Waals surface area contributed by atoms with Crippen molar-refractivity contribution in [3.8, 4) is 0 Å². The van der Waals surface area contributed by atoms with Gasteiger partial charge in [-0.05, 0) is 30.3 Å². The second-order valence-electron chi connectivity index (χ2n) is 2.24. The molecule has 0 amide bonds. The Labute approximate surface area is 68.2 Å². The first-order valence-electron chi connectivity index (χ1n) is 4.12. The van der Waals surface area contributed by atoms with Crippen LogP contribution in [0.15, 0.2) is 0 Å². The Balaban J connectivity index is 0.000000371. The number of rotatable bonds is 2. The fraction of sp³-hybridized carbons (Fsp3) is 1.00. The highest BCUT2D eigenvalue weighted by Crippen LogP contribution is 2.25. The zero-order valence-electron chi connectivity index (χ0n) is 6.97. The maximum atomic E-state index is 8.52. The van der Waals surface area contributed by atoms with Gasteiger partial charge in [0.2, 0.25) is 0 Å². The molecule has 62 valence electrons. The Morgan fingerprint density at radius 1 is 1.50 bits per heavy atom. The van der Waals surface area contributed by atoms with Gasteiger partial charge in [0.1, 0.15) is 0 Å². The predicted molar refractivity (Wildman–Crippen MR) is 48.5 cm³/mol. The van der Waals surface area contributed by atoms with E-state index in [-0.39, 0.29) is 0 Å². The van der Waals surface area contributed by atoms with Gasteiger partial charge >= 0.3 is 0 Å². The summed E-state index contributed by atoms with van der Waals surface area (Å²) in [6.45, 7) is 4.38. The second kappa shape index (κ2) is 7.42. The lowest BCUT2D eigenvalue weighted by molar-refractivity contribution is 0.264. The summed E-state index contributed by atoms with van der Waals surface area (Å²) in [7, 11) is 0. The minimum atomic E-state index is 0.380. The third-order valence-corrected chi connectivity index (χ3v) is 2.79. The van der Waals surface area contributed by atoms with Gasteiger partial charge in [0.05, 0.1) is 0 Å². The molecule has 1 nitrogen and oxygen atoms in total. The molecule has 1 fully saturated rings. The Bertz CT molecular complexity index is 60.3. The average molecular weight is 162 g/mol. The highest BCUT2D eigenvalue weighted by Gasteiger charge is 2.13. The summed E-state index contributed by atoms with van der Waals surface area (Å²) in [5.41, 5.74) is 0. The molecule has 1 N–H and O–H groups in total. The van der Waals surface area contributed by atoms with E-state index in [1.165, 1.54) is 17.9 Å². The van der Waals surface area contributed by atoms with Gasteiger partial charge in [0.15, 0.2) is 0 Å². The van der Waals surface area contributed by atoms with Crippen LogP contribution in [0.3, 0.4) is 0 Å². The SMILES string of the molecule is CC.OCCC1CCSC1. The molecule has 0 bridgehead atoms. The van der Waals surface area contributed by atoms with Gasteiger partial charge in [-0.25, -0.2) is 0 Å². The lowest BCUT2D eigenvalue weighted by Gasteiger charge is -2.01. The number of aliphatic hydroxyl groups excluding tert-OH is 1. The topological polar surface area (TPSA) is 20.2 Å². The number of aliphatic hydroxyl groups is 1. The molecule has 0 spiro atoms. The molecule has 1 saturated heterocycles. The van der Waals surface area contributed by atoms with E-state index in [0.717, 1.165) is 12.3 Å². The van der Waals surface area contributed by atoms with Gasteiger partial charge in [-0.3, -0.25) is 0 Å². The molecule has 1 atom stereocenters. The van der Waals surface area contributed by atoms with Crippen LogP contribution in [-0.2, 0) is 0 Å². The molecule has 0 aromatic heterocycles. The van der Waals surface area contributed by atoms with Crippen LogP contribution < -0.4 is 0 Å². The highest BCUT2D eigenvalue weighted by molar-refractivity contribution is 7.99.